The van der Waals surface area contributed by atoms with E-state index in [-0.39, 0.29) is 0 Å². The molecule has 1 aromatic carbocycles. The van der Waals surface area contributed by atoms with Crippen LogP contribution in [-0.2, 0) is 12.8 Å². The van der Waals surface area contributed by atoms with Crippen molar-refractivity contribution in [1.82, 2.24) is 4.98 Å². The van der Waals surface area contributed by atoms with E-state index >= 15 is 0 Å². The molecule has 0 aliphatic rings. The van der Waals surface area contributed by atoms with Crippen LogP contribution in [0.3, 0.4) is 0 Å². The Balaban J connectivity index is 1.99. The van der Waals surface area contributed by atoms with E-state index in [1.807, 2.05) is 18.2 Å². The van der Waals surface area contributed by atoms with Crippen molar-refractivity contribution in [1.29, 1.82) is 0 Å². The topological polar surface area (TPSA) is 12.9 Å². The second kappa shape index (κ2) is 4.94. The summed E-state index contributed by atoms with van der Waals surface area (Å²) < 4.78 is 0. The maximum absolute atomic E-state index is 5.82. The first-order valence-corrected chi connectivity index (χ1v) is 5.37. The Morgan fingerprint density at radius 1 is 0.933 bits per heavy atom. The first-order chi connectivity index (χ1) is 7.34. The molecule has 0 N–H and O–H groups in total. The Morgan fingerprint density at radius 2 is 1.67 bits per heavy atom. The number of rotatable bonds is 3. The fourth-order valence-electron chi connectivity index (χ4n) is 1.53. The number of halogens is 1. The first kappa shape index (κ1) is 10.2. The number of pyridine rings is 1. The molecule has 0 unspecified atom stereocenters. The summed E-state index contributed by atoms with van der Waals surface area (Å²) in [6.45, 7) is 0. The van der Waals surface area contributed by atoms with E-state index in [9.17, 15) is 0 Å². The largest absolute Gasteiger partial charge is 0.245 e. The lowest BCUT2D eigenvalue weighted by atomic mass is 10.1. The molecule has 0 bridgehead atoms. The van der Waals surface area contributed by atoms with Gasteiger partial charge in [0.25, 0.3) is 0 Å². The van der Waals surface area contributed by atoms with E-state index in [1.54, 1.807) is 6.20 Å². The van der Waals surface area contributed by atoms with Gasteiger partial charge in [-0.25, -0.2) is 4.98 Å². The lowest BCUT2D eigenvalue weighted by Crippen LogP contribution is -1.91. The van der Waals surface area contributed by atoms with Crippen LogP contribution in [0.4, 0.5) is 0 Å². The summed E-state index contributed by atoms with van der Waals surface area (Å²) in [6, 6.07) is 14.4. The van der Waals surface area contributed by atoms with Crippen molar-refractivity contribution in [2.24, 2.45) is 0 Å². The summed E-state index contributed by atoms with van der Waals surface area (Å²) in [6.07, 6.45) is 3.80. The Hall–Kier alpha value is -1.34. The van der Waals surface area contributed by atoms with E-state index in [2.05, 4.69) is 29.2 Å². The average Bonchev–Trinajstić information content (AvgIpc) is 2.28. The molecule has 1 nitrogen and oxygen atoms in total. The SMILES string of the molecule is Clc1cc(CCc2ccccc2)ccn1. The highest BCUT2D eigenvalue weighted by molar-refractivity contribution is 6.29. The molecule has 0 spiro atoms. The van der Waals surface area contributed by atoms with Crippen molar-refractivity contribution in [3.05, 3.63) is 64.9 Å². The molecule has 0 amide bonds. The molecule has 0 saturated carbocycles. The van der Waals surface area contributed by atoms with E-state index in [0.717, 1.165) is 12.8 Å². The molecule has 0 radical (unpaired) electrons. The molecule has 76 valence electrons. The van der Waals surface area contributed by atoms with Gasteiger partial charge < -0.3 is 0 Å². The van der Waals surface area contributed by atoms with Crippen LogP contribution in [0.25, 0.3) is 0 Å². The third kappa shape index (κ3) is 3.07. The Morgan fingerprint density at radius 3 is 2.40 bits per heavy atom. The van der Waals surface area contributed by atoms with Gasteiger partial charge >= 0.3 is 0 Å². The molecule has 0 atom stereocenters. The molecular formula is C13H12ClN. The molecular weight excluding hydrogens is 206 g/mol. The highest BCUT2D eigenvalue weighted by Gasteiger charge is 1.96. The number of hydrogen-bond acceptors (Lipinski definition) is 1. The quantitative estimate of drug-likeness (QED) is 0.717. The minimum Gasteiger partial charge on any atom is -0.245 e. The van der Waals surface area contributed by atoms with Gasteiger partial charge in [0.15, 0.2) is 0 Å². The summed E-state index contributed by atoms with van der Waals surface area (Å²) in [4.78, 5) is 3.96. The molecule has 0 aliphatic carbocycles. The molecule has 15 heavy (non-hydrogen) atoms. The molecule has 0 fully saturated rings. The van der Waals surface area contributed by atoms with Gasteiger partial charge in [-0.1, -0.05) is 41.9 Å². The normalized spacial score (nSPS) is 10.2. The lowest BCUT2D eigenvalue weighted by Gasteiger charge is -2.01. The van der Waals surface area contributed by atoms with Crippen LogP contribution in [0, 0.1) is 0 Å². The van der Waals surface area contributed by atoms with Crippen LogP contribution in [0.2, 0.25) is 5.15 Å². The van der Waals surface area contributed by atoms with Crippen molar-refractivity contribution in [2.75, 3.05) is 0 Å². The van der Waals surface area contributed by atoms with Gasteiger partial charge in [0, 0.05) is 6.20 Å². The predicted molar refractivity (Wildman–Crippen MR) is 63.1 cm³/mol. The smallest absolute Gasteiger partial charge is 0.129 e. The van der Waals surface area contributed by atoms with Crippen LogP contribution in [0.15, 0.2) is 48.7 Å². The summed E-state index contributed by atoms with van der Waals surface area (Å²) in [5, 5.41) is 0.570. The Labute approximate surface area is 94.7 Å². The predicted octanol–water partition coefficient (Wildman–Crippen LogP) is 3.52. The summed E-state index contributed by atoms with van der Waals surface area (Å²) in [5.41, 5.74) is 2.59. The fourth-order valence-corrected chi connectivity index (χ4v) is 1.73. The molecule has 2 aromatic rings. The summed E-state index contributed by atoms with van der Waals surface area (Å²) in [5.74, 6) is 0. The van der Waals surface area contributed by atoms with E-state index in [1.165, 1.54) is 11.1 Å². The maximum atomic E-state index is 5.82. The molecule has 1 heterocycles. The summed E-state index contributed by atoms with van der Waals surface area (Å²) >= 11 is 5.82. The van der Waals surface area contributed by atoms with Crippen LogP contribution >= 0.6 is 11.6 Å². The van der Waals surface area contributed by atoms with Gasteiger partial charge in [0.1, 0.15) is 5.15 Å². The van der Waals surface area contributed by atoms with Gasteiger partial charge in [-0.05, 0) is 36.1 Å². The zero-order chi connectivity index (χ0) is 10.5. The van der Waals surface area contributed by atoms with Crippen LogP contribution in [-0.4, -0.2) is 4.98 Å². The van der Waals surface area contributed by atoms with E-state index in [4.69, 9.17) is 11.6 Å². The molecule has 1 aromatic heterocycles. The standard InChI is InChI=1S/C13H12ClN/c14-13-10-12(8-9-15-13)7-6-11-4-2-1-3-5-11/h1-5,8-10H,6-7H2. The Kier molecular flexibility index (Phi) is 3.36. The van der Waals surface area contributed by atoms with Crippen molar-refractivity contribution in [3.8, 4) is 0 Å². The van der Waals surface area contributed by atoms with Gasteiger partial charge in [0.2, 0.25) is 0 Å². The van der Waals surface area contributed by atoms with Gasteiger partial charge in [-0.3, -0.25) is 0 Å². The Bertz CT molecular complexity index is 426. The van der Waals surface area contributed by atoms with Crippen molar-refractivity contribution < 1.29 is 0 Å². The second-order valence-corrected chi connectivity index (χ2v) is 3.86. The fraction of sp³-hybridized carbons (Fsp3) is 0.154. The molecule has 0 aliphatic heterocycles. The van der Waals surface area contributed by atoms with Crippen molar-refractivity contribution >= 4 is 11.6 Å². The van der Waals surface area contributed by atoms with E-state index in [0.29, 0.717) is 5.15 Å². The minimum absolute atomic E-state index is 0.570. The number of aromatic nitrogens is 1. The van der Waals surface area contributed by atoms with Gasteiger partial charge in [-0.2, -0.15) is 0 Å². The van der Waals surface area contributed by atoms with Crippen LogP contribution in [0.5, 0.6) is 0 Å². The minimum atomic E-state index is 0.570. The van der Waals surface area contributed by atoms with Crippen LogP contribution < -0.4 is 0 Å². The van der Waals surface area contributed by atoms with Crippen LogP contribution in [0.1, 0.15) is 11.1 Å². The van der Waals surface area contributed by atoms with Crippen molar-refractivity contribution in [2.45, 2.75) is 12.8 Å². The maximum Gasteiger partial charge on any atom is 0.129 e. The zero-order valence-electron chi connectivity index (χ0n) is 8.36. The highest BCUT2D eigenvalue weighted by Crippen LogP contribution is 2.10. The summed E-state index contributed by atoms with van der Waals surface area (Å²) in [7, 11) is 0. The van der Waals surface area contributed by atoms with Gasteiger partial charge in [0.05, 0.1) is 0 Å². The van der Waals surface area contributed by atoms with Crippen molar-refractivity contribution in [3.63, 3.8) is 0 Å². The number of aryl methyl sites for hydroxylation is 2. The molecule has 2 rings (SSSR count). The van der Waals surface area contributed by atoms with Gasteiger partial charge in [-0.15, -0.1) is 0 Å². The monoisotopic (exact) mass is 217 g/mol. The number of benzene rings is 1. The third-order valence-corrected chi connectivity index (χ3v) is 2.54. The van der Waals surface area contributed by atoms with E-state index < -0.39 is 0 Å². The zero-order valence-corrected chi connectivity index (χ0v) is 9.11. The molecule has 2 heteroatoms. The highest BCUT2D eigenvalue weighted by atomic mass is 35.5. The number of hydrogen-bond donors (Lipinski definition) is 0. The molecule has 0 saturated heterocycles. The second-order valence-electron chi connectivity index (χ2n) is 3.47. The third-order valence-electron chi connectivity index (χ3n) is 2.34. The average molecular weight is 218 g/mol. The number of nitrogens with zero attached hydrogens (tertiary/aromatic N) is 1. The first-order valence-electron chi connectivity index (χ1n) is 4.99. The lowest BCUT2D eigenvalue weighted by molar-refractivity contribution is 0.955.